The van der Waals surface area contributed by atoms with Gasteiger partial charge in [-0.3, -0.25) is 4.72 Å². The number of carboxylic acids is 1. The fourth-order valence-electron chi connectivity index (χ4n) is 1.17. The van der Waals surface area contributed by atoms with Crippen LogP contribution in [0.3, 0.4) is 0 Å². The topological polar surface area (TPSA) is 108 Å². The van der Waals surface area contributed by atoms with Crippen molar-refractivity contribution in [2.75, 3.05) is 11.3 Å². The molecule has 1 heterocycles. The lowest BCUT2D eigenvalue weighted by atomic mass is 10.3. The van der Waals surface area contributed by atoms with Gasteiger partial charge in [-0.1, -0.05) is 13.0 Å². The molecule has 0 radical (unpaired) electrons. The summed E-state index contributed by atoms with van der Waals surface area (Å²) in [6.07, 6.45) is 2.88. The fourth-order valence-corrected chi connectivity index (χ4v) is 2.10. The molecule has 0 bridgehead atoms. The van der Waals surface area contributed by atoms with Crippen molar-refractivity contribution < 1.29 is 18.3 Å². The largest absolute Gasteiger partial charge is 0.478 e. The van der Waals surface area contributed by atoms with Gasteiger partial charge in [-0.25, -0.2) is 9.78 Å². The number of carboxylic acid groups (broad SMARTS) is 1. The summed E-state index contributed by atoms with van der Waals surface area (Å²) in [5.74, 6) is -0.978. The van der Waals surface area contributed by atoms with E-state index in [0.717, 1.165) is 6.08 Å². The van der Waals surface area contributed by atoms with Crippen LogP contribution in [0.25, 0.3) is 6.08 Å². The fraction of sp³-hybridized carbons (Fsp3) is 0.273. The first-order valence-corrected chi connectivity index (χ1v) is 7.07. The number of hydrogen-bond donors (Lipinski definition) is 3. The maximum Gasteiger partial charge on any atom is 0.328 e. The van der Waals surface area contributed by atoms with Crippen molar-refractivity contribution in [2.24, 2.45) is 0 Å². The Bertz CT molecular complexity index is 569. The Balaban J connectivity index is 2.80. The standard InChI is InChI=1S/C11H15N3O4S/c1-2-8-12-19(17,18)14-10-5-3-4-9(13-10)6-7-11(15)16/h3-7,12H,2,8H2,1H3,(H,13,14)(H,15,16)/b7-6+. The lowest BCUT2D eigenvalue weighted by Crippen LogP contribution is -2.31. The minimum absolute atomic E-state index is 0.121. The summed E-state index contributed by atoms with van der Waals surface area (Å²) in [4.78, 5) is 14.3. The second kappa shape index (κ2) is 6.86. The summed E-state index contributed by atoms with van der Waals surface area (Å²) in [5.41, 5.74) is 0.345. The zero-order valence-electron chi connectivity index (χ0n) is 10.3. The highest BCUT2D eigenvalue weighted by Crippen LogP contribution is 2.07. The average molecular weight is 285 g/mol. The number of anilines is 1. The minimum Gasteiger partial charge on any atom is -0.478 e. The van der Waals surface area contributed by atoms with E-state index in [0.29, 0.717) is 18.7 Å². The summed E-state index contributed by atoms with van der Waals surface area (Å²) in [6, 6.07) is 4.62. The number of hydrogen-bond acceptors (Lipinski definition) is 4. The molecule has 0 aromatic carbocycles. The number of nitrogens with one attached hydrogen (secondary N) is 2. The van der Waals surface area contributed by atoms with Gasteiger partial charge in [-0.2, -0.15) is 13.1 Å². The Labute approximate surface area is 111 Å². The van der Waals surface area contributed by atoms with Gasteiger partial charge in [-0.15, -0.1) is 0 Å². The third-order valence-electron chi connectivity index (χ3n) is 1.95. The van der Waals surface area contributed by atoms with E-state index in [-0.39, 0.29) is 5.82 Å². The quantitative estimate of drug-likeness (QED) is 0.643. The summed E-state index contributed by atoms with van der Waals surface area (Å²) >= 11 is 0. The predicted molar refractivity (Wildman–Crippen MR) is 71.7 cm³/mol. The third-order valence-corrected chi connectivity index (χ3v) is 3.01. The second-order valence-corrected chi connectivity index (χ2v) is 5.12. The molecule has 0 aliphatic rings. The number of aromatic nitrogens is 1. The van der Waals surface area contributed by atoms with E-state index in [1.54, 1.807) is 12.1 Å². The van der Waals surface area contributed by atoms with Crippen molar-refractivity contribution in [1.29, 1.82) is 0 Å². The maximum absolute atomic E-state index is 11.6. The van der Waals surface area contributed by atoms with Crippen LogP contribution in [0.5, 0.6) is 0 Å². The van der Waals surface area contributed by atoms with Gasteiger partial charge >= 0.3 is 5.97 Å². The van der Waals surface area contributed by atoms with Crippen molar-refractivity contribution >= 4 is 28.1 Å². The van der Waals surface area contributed by atoms with Gasteiger partial charge in [0.05, 0.1) is 5.69 Å². The number of rotatable bonds is 7. The first-order chi connectivity index (χ1) is 8.93. The molecule has 1 rings (SSSR count). The van der Waals surface area contributed by atoms with Crippen LogP contribution in [0.4, 0.5) is 5.82 Å². The van der Waals surface area contributed by atoms with E-state index >= 15 is 0 Å². The van der Waals surface area contributed by atoms with Gasteiger partial charge in [0.25, 0.3) is 10.2 Å². The Morgan fingerprint density at radius 1 is 1.47 bits per heavy atom. The van der Waals surface area contributed by atoms with Crippen LogP contribution in [-0.2, 0) is 15.0 Å². The first-order valence-electron chi connectivity index (χ1n) is 5.58. The van der Waals surface area contributed by atoms with E-state index in [1.165, 1.54) is 12.1 Å². The number of carbonyl (C=O) groups is 1. The van der Waals surface area contributed by atoms with E-state index < -0.39 is 16.2 Å². The maximum atomic E-state index is 11.6. The van der Waals surface area contributed by atoms with Gasteiger partial charge in [0.15, 0.2) is 0 Å². The van der Waals surface area contributed by atoms with Gasteiger partial charge in [0, 0.05) is 12.6 Å². The molecule has 1 aromatic heterocycles. The van der Waals surface area contributed by atoms with Crippen LogP contribution in [-0.4, -0.2) is 31.0 Å². The molecule has 104 valence electrons. The SMILES string of the molecule is CCCNS(=O)(=O)Nc1cccc(/C=C/C(=O)O)n1. The normalized spacial score (nSPS) is 11.6. The van der Waals surface area contributed by atoms with E-state index in [4.69, 9.17) is 5.11 Å². The molecular formula is C11H15N3O4S. The Hall–Kier alpha value is -1.93. The molecule has 0 amide bonds. The molecule has 0 saturated carbocycles. The van der Waals surface area contributed by atoms with Gasteiger partial charge in [0.2, 0.25) is 0 Å². The molecule has 8 heteroatoms. The lowest BCUT2D eigenvalue weighted by Gasteiger charge is -2.08. The summed E-state index contributed by atoms with van der Waals surface area (Å²) in [5, 5.41) is 8.49. The van der Waals surface area contributed by atoms with E-state index in [9.17, 15) is 13.2 Å². The number of aliphatic carboxylic acids is 1. The second-order valence-electron chi connectivity index (χ2n) is 3.62. The predicted octanol–water partition coefficient (Wildman–Crippen LogP) is 0.836. The molecule has 0 saturated heterocycles. The molecule has 19 heavy (non-hydrogen) atoms. The Kier molecular flexibility index (Phi) is 5.46. The highest BCUT2D eigenvalue weighted by Gasteiger charge is 2.09. The third kappa shape index (κ3) is 5.98. The van der Waals surface area contributed by atoms with Gasteiger partial charge in [0.1, 0.15) is 5.82 Å². The molecule has 0 spiro atoms. The Morgan fingerprint density at radius 3 is 2.84 bits per heavy atom. The van der Waals surface area contributed by atoms with Crippen molar-refractivity contribution in [3.8, 4) is 0 Å². The molecule has 0 aliphatic carbocycles. The zero-order chi connectivity index (χ0) is 14.3. The molecule has 0 unspecified atom stereocenters. The van der Waals surface area contributed by atoms with Crippen LogP contribution in [0.1, 0.15) is 19.0 Å². The van der Waals surface area contributed by atoms with Crippen LogP contribution in [0.2, 0.25) is 0 Å². The van der Waals surface area contributed by atoms with E-state index in [1.807, 2.05) is 6.92 Å². The minimum atomic E-state index is -3.65. The summed E-state index contributed by atoms with van der Waals surface area (Å²) < 4.78 is 27.7. The lowest BCUT2D eigenvalue weighted by molar-refractivity contribution is -0.131. The number of pyridine rings is 1. The monoisotopic (exact) mass is 285 g/mol. The van der Waals surface area contributed by atoms with E-state index in [2.05, 4.69) is 14.4 Å². The van der Waals surface area contributed by atoms with Crippen LogP contribution in [0, 0.1) is 0 Å². The van der Waals surface area contributed by atoms with Gasteiger partial charge < -0.3 is 5.11 Å². The molecular weight excluding hydrogens is 270 g/mol. The summed E-state index contributed by atoms with van der Waals surface area (Å²) in [6.45, 7) is 2.17. The van der Waals surface area contributed by atoms with Crippen molar-refractivity contribution in [3.63, 3.8) is 0 Å². The smallest absolute Gasteiger partial charge is 0.328 e. The molecule has 7 nitrogen and oxygen atoms in total. The molecule has 0 atom stereocenters. The highest BCUT2D eigenvalue weighted by molar-refractivity contribution is 7.90. The molecule has 1 aromatic rings. The average Bonchev–Trinajstić information content (AvgIpc) is 2.34. The molecule has 0 fully saturated rings. The van der Waals surface area contributed by atoms with Crippen LogP contribution in [0.15, 0.2) is 24.3 Å². The summed E-state index contributed by atoms with van der Waals surface area (Å²) in [7, 11) is -3.65. The molecule has 0 aliphatic heterocycles. The molecule has 3 N–H and O–H groups in total. The van der Waals surface area contributed by atoms with Crippen molar-refractivity contribution in [1.82, 2.24) is 9.71 Å². The van der Waals surface area contributed by atoms with Gasteiger partial charge in [-0.05, 0) is 24.6 Å². The zero-order valence-corrected chi connectivity index (χ0v) is 11.1. The Morgan fingerprint density at radius 2 is 2.21 bits per heavy atom. The van der Waals surface area contributed by atoms with Crippen molar-refractivity contribution in [2.45, 2.75) is 13.3 Å². The van der Waals surface area contributed by atoms with Crippen LogP contribution < -0.4 is 9.44 Å². The van der Waals surface area contributed by atoms with Crippen molar-refractivity contribution in [3.05, 3.63) is 30.0 Å². The van der Waals surface area contributed by atoms with Crippen LogP contribution >= 0.6 is 0 Å². The first kappa shape index (κ1) is 15.1. The highest BCUT2D eigenvalue weighted by atomic mass is 32.2. The number of nitrogens with zero attached hydrogens (tertiary/aromatic N) is 1.